The van der Waals surface area contributed by atoms with Crippen molar-refractivity contribution in [1.29, 1.82) is 0 Å². The number of ether oxygens (including phenoxy) is 1. The zero-order valence-electron chi connectivity index (χ0n) is 22.1. The van der Waals surface area contributed by atoms with Crippen LogP contribution >= 0.6 is 11.6 Å². The lowest BCUT2D eigenvalue weighted by Gasteiger charge is -2.27. The number of para-hydroxylation sites is 1. The van der Waals surface area contributed by atoms with Crippen LogP contribution in [0.4, 0.5) is 23.0 Å². The first-order valence-corrected chi connectivity index (χ1v) is 13.4. The largest absolute Gasteiger partial charge is 0.490 e. The summed E-state index contributed by atoms with van der Waals surface area (Å²) in [4.78, 5) is 25.2. The van der Waals surface area contributed by atoms with Crippen molar-refractivity contribution in [1.82, 2.24) is 19.4 Å². The Morgan fingerprint density at radius 2 is 2.12 bits per heavy atom. The minimum absolute atomic E-state index is 0. The number of likely N-dealkylation sites (N-methyl/N-ethyl adjacent to an activating group) is 2. The molecule has 4 heterocycles. The highest BCUT2D eigenvalue weighted by atomic mass is 35.5. The van der Waals surface area contributed by atoms with Gasteiger partial charge in [-0.1, -0.05) is 31.2 Å². The standard InChI is InChI=1S/C28H30ClN7O3.CH4/c1-17-12-23(34(3)15-18-6-5-9-33(18)2)24(36(37)38)13-22(17)31-28-30-14-21(29)26(32-28)20-16-35-10-11-39-25-8-4-7-19(20)27(25)35;/h4,7-8,12-14,16,18H,5-6,9-11,15H2,1-3H3,(H,30,31,32);1H4. The van der Waals surface area contributed by atoms with E-state index in [1.54, 1.807) is 12.3 Å². The number of nitro benzene ring substituents is 1. The van der Waals surface area contributed by atoms with Crippen LogP contribution < -0.4 is 15.0 Å². The van der Waals surface area contributed by atoms with Crippen molar-refractivity contribution in [2.45, 2.75) is 39.8 Å². The molecule has 2 aliphatic heterocycles. The normalized spacial score (nSPS) is 16.4. The Hall–Kier alpha value is -3.89. The van der Waals surface area contributed by atoms with Crippen LogP contribution in [0.25, 0.3) is 22.2 Å². The van der Waals surface area contributed by atoms with E-state index in [-0.39, 0.29) is 18.0 Å². The van der Waals surface area contributed by atoms with Crippen molar-refractivity contribution in [3.05, 3.63) is 63.4 Å². The Morgan fingerprint density at radius 1 is 1.30 bits per heavy atom. The summed E-state index contributed by atoms with van der Waals surface area (Å²) in [6.07, 6.45) is 5.84. The first kappa shape index (κ1) is 27.7. The van der Waals surface area contributed by atoms with Gasteiger partial charge in [0.25, 0.3) is 5.69 Å². The average molecular weight is 564 g/mol. The number of nitrogens with one attached hydrogen (secondary N) is 1. The quantitative estimate of drug-likeness (QED) is 0.207. The van der Waals surface area contributed by atoms with Gasteiger partial charge in [-0.05, 0) is 51.1 Å². The van der Waals surface area contributed by atoms with E-state index in [1.807, 2.05) is 49.3 Å². The monoisotopic (exact) mass is 563 g/mol. The molecule has 1 saturated heterocycles. The average Bonchev–Trinajstić information content (AvgIpc) is 3.50. The maximum atomic E-state index is 12.1. The smallest absolute Gasteiger partial charge is 0.294 e. The summed E-state index contributed by atoms with van der Waals surface area (Å²) in [6, 6.07) is 9.74. The summed E-state index contributed by atoms with van der Waals surface area (Å²) in [7, 11) is 4.02. The molecule has 4 aromatic rings. The van der Waals surface area contributed by atoms with E-state index in [1.165, 1.54) is 0 Å². The van der Waals surface area contributed by atoms with E-state index in [9.17, 15) is 10.1 Å². The summed E-state index contributed by atoms with van der Waals surface area (Å²) in [6.45, 7) is 5.05. The maximum absolute atomic E-state index is 12.1. The molecule has 10 nitrogen and oxygen atoms in total. The number of hydrogen-bond donors (Lipinski definition) is 1. The predicted molar refractivity (Wildman–Crippen MR) is 160 cm³/mol. The summed E-state index contributed by atoms with van der Waals surface area (Å²) >= 11 is 6.58. The second kappa shape index (κ2) is 10.9. The lowest BCUT2D eigenvalue weighted by atomic mass is 10.1. The number of anilines is 3. The molecule has 11 heteroatoms. The summed E-state index contributed by atoms with van der Waals surface area (Å²) in [5.41, 5.74) is 4.53. The van der Waals surface area contributed by atoms with Gasteiger partial charge in [-0.15, -0.1) is 0 Å². The highest BCUT2D eigenvalue weighted by Crippen LogP contribution is 2.40. The summed E-state index contributed by atoms with van der Waals surface area (Å²) in [5, 5.41) is 16.7. The van der Waals surface area contributed by atoms with Gasteiger partial charge < -0.3 is 24.4 Å². The molecule has 1 fully saturated rings. The van der Waals surface area contributed by atoms with Crippen molar-refractivity contribution in [2.24, 2.45) is 0 Å². The minimum atomic E-state index is -0.334. The number of aromatic nitrogens is 3. The lowest BCUT2D eigenvalue weighted by Crippen LogP contribution is -2.36. The Balaban J connectivity index is 0.00000323. The van der Waals surface area contributed by atoms with Gasteiger partial charge in [-0.3, -0.25) is 10.1 Å². The van der Waals surface area contributed by atoms with E-state index < -0.39 is 0 Å². The number of likely N-dealkylation sites (tertiary alicyclic amines) is 1. The SMILES string of the molecule is C.Cc1cc(N(C)CC2CCCN2C)c([N+](=O)[O-])cc1Nc1ncc(Cl)c(-c2cn3c4c(cccc24)OCC3)n1. The zero-order chi connectivity index (χ0) is 27.3. The van der Waals surface area contributed by atoms with Gasteiger partial charge in [0.2, 0.25) is 5.95 Å². The highest BCUT2D eigenvalue weighted by molar-refractivity contribution is 6.33. The molecule has 6 rings (SSSR count). The molecule has 2 aromatic heterocycles. The summed E-state index contributed by atoms with van der Waals surface area (Å²) in [5.74, 6) is 1.14. The van der Waals surface area contributed by atoms with Crippen molar-refractivity contribution < 1.29 is 9.66 Å². The van der Waals surface area contributed by atoms with Gasteiger partial charge in [-0.2, -0.15) is 0 Å². The van der Waals surface area contributed by atoms with E-state index in [0.717, 1.165) is 60.3 Å². The molecule has 1 unspecified atom stereocenters. The molecule has 1 atom stereocenters. The topological polar surface area (TPSA) is 102 Å². The Bertz CT molecular complexity index is 1590. The first-order chi connectivity index (χ1) is 18.8. The third kappa shape index (κ3) is 4.93. The number of hydrogen-bond acceptors (Lipinski definition) is 8. The second-order valence-corrected chi connectivity index (χ2v) is 10.7. The second-order valence-electron chi connectivity index (χ2n) is 10.3. The molecule has 0 aliphatic carbocycles. The third-order valence-electron chi connectivity index (χ3n) is 7.78. The molecular weight excluding hydrogens is 530 g/mol. The van der Waals surface area contributed by atoms with Crippen LogP contribution in [0.3, 0.4) is 0 Å². The lowest BCUT2D eigenvalue weighted by molar-refractivity contribution is -0.384. The number of nitrogens with zero attached hydrogens (tertiary/aromatic N) is 6. The van der Waals surface area contributed by atoms with Gasteiger partial charge in [0, 0.05) is 42.8 Å². The van der Waals surface area contributed by atoms with E-state index in [2.05, 4.69) is 26.8 Å². The van der Waals surface area contributed by atoms with E-state index in [4.69, 9.17) is 21.3 Å². The molecule has 0 radical (unpaired) electrons. The molecule has 2 aromatic carbocycles. The van der Waals surface area contributed by atoms with Gasteiger partial charge in [0.15, 0.2) is 0 Å². The molecule has 1 N–H and O–H groups in total. The fourth-order valence-corrected chi connectivity index (χ4v) is 5.88. The van der Waals surface area contributed by atoms with Gasteiger partial charge in [-0.25, -0.2) is 9.97 Å². The molecule has 0 saturated carbocycles. The summed E-state index contributed by atoms with van der Waals surface area (Å²) < 4.78 is 7.98. The number of nitro groups is 1. The van der Waals surface area contributed by atoms with Crippen LogP contribution in [-0.2, 0) is 6.54 Å². The van der Waals surface area contributed by atoms with Crippen molar-refractivity contribution in [3.8, 4) is 17.0 Å². The van der Waals surface area contributed by atoms with Crippen LogP contribution in [0.2, 0.25) is 5.02 Å². The Morgan fingerprint density at radius 3 is 2.88 bits per heavy atom. The Labute approximate surface area is 238 Å². The minimum Gasteiger partial charge on any atom is -0.490 e. The molecule has 40 heavy (non-hydrogen) atoms. The van der Waals surface area contributed by atoms with Crippen LogP contribution in [-0.4, -0.2) is 64.2 Å². The highest BCUT2D eigenvalue weighted by Gasteiger charge is 2.26. The van der Waals surface area contributed by atoms with Crippen molar-refractivity contribution in [2.75, 3.05) is 44.0 Å². The molecular formula is C29H34ClN7O3. The number of benzene rings is 2. The Kier molecular flexibility index (Phi) is 7.57. The molecule has 0 spiro atoms. The zero-order valence-corrected chi connectivity index (χ0v) is 22.9. The van der Waals surface area contributed by atoms with Gasteiger partial charge in [0.05, 0.1) is 39.6 Å². The van der Waals surface area contributed by atoms with Crippen molar-refractivity contribution >= 4 is 45.5 Å². The maximum Gasteiger partial charge on any atom is 0.294 e. The van der Waals surface area contributed by atoms with Crippen LogP contribution in [0.15, 0.2) is 42.7 Å². The van der Waals surface area contributed by atoms with E-state index in [0.29, 0.717) is 40.7 Å². The predicted octanol–water partition coefficient (Wildman–Crippen LogP) is 6.27. The number of halogens is 1. The fourth-order valence-electron chi connectivity index (χ4n) is 5.69. The molecule has 210 valence electrons. The molecule has 0 bridgehead atoms. The molecule has 2 aliphatic rings. The van der Waals surface area contributed by atoms with Crippen LogP contribution in [0.1, 0.15) is 25.8 Å². The van der Waals surface area contributed by atoms with Crippen LogP contribution in [0.5, 0.6) is 5.75 Å². The van der Waals surface area contributed by atoms with Crippen molar-refractivity contribution in [3.63, 3.8) is 0 Å². The van der Waals surface area contributed by atoms with Gasteiger partial charge in [0.1, 0.15) is 18.0 Å². The number of aryl methyl sites for hydroxylation is 1. The third-order valence-corrected chi connectivity index (χ3v) is 8.06. The fraction of sp³-hybridized carbons (Fsp3) is 0.379. The first-order valence-electron chi connectivity index (χ1n) is 13.0. The molecule has 0 amide bonds. The van der Waals surface area contributed by atoms with Crippen LogP contribution in [0, 0.1) is 17.0 Å². The van der Waals surface area contributed by atoms with E-state index >= 15 is 0 Å². The van der Waals surface area contributed by atoms with Gasteiger partial charge >= 0.3 is 0 Å². The number of rotatable bonds is 7.